The zero-order valence-electron chi connectivity index (χ0n) is 16.5. The SMILES string of the molecule is COc1ccc(C)cc1NC(=O)C(C)(C)C(=O)N1CCC2(CC1)OCCO2. The fraction of sp³-hybridized carbons (Fsp3) is 0.600. The number of carbonyl (C=O) groups excluding carboxylic acids is 2. The Hall–Kier alpha value is -2.12. The topological polar surface area (TPSA) is 77.1 Å². The van der Waals surface area contributed by atoms with Gasteiger partial charge in [-0.3, -0.25) is 9.59 Å². The highest BCUT2D eigenvalue weighted by Gasteiger charge is 2.45. The van der Waals surface area contributed by atoms with Crippen LogP contribution in [0.4, 0.5) is 5.69 Å². The van der Waals surface area contributed by atoms with Gasteiger partial charge in [0.15, 0.2) is 5.79 Å². The number of anilines is 1. The van der Waals surface area contributed by atoms with Gasteiger partial charge in [0.2, 0.25) is 11.8 Å². The van der Waals surface area contributed by atoms with E-state index in [0.29, 0.717) is 50.6 Å². The molecule has 27 heavy (non-hydrogen) atoms. The third-order valence-corrected chi connectivity index (χ3v) is 5.33. The summed E-state index contributed by atoms with van der Waals surface area (Å²) in [5.41, 5.74) is 0.360. The highest BCUT2D eigenvalue weighted by molar-refractivity contribution is 6.10. The number of ether oxygens (including phenoxy) is 3. The van der Waals surface area contributed by atoms with Crippen LogP contribution in [0.3, 0.4) is 0 Å². The quantitative estimate of drug-likeness (QED) is 0.816. The van der Waals surface area contributed by atoms with Crippen LogP contribution in [0.2, 0.25) is 0 Å². The third kappa shape index (κ3) is 3.94. The summed E-state index contributed by atoms with van der Waals surface area (Å²) in [5, 5.41) is 2.85. The monoisotopic (exact) mass is 376 g/mol. The van der Waals surface area contributed by atoms with E-state index in [9.17, 15) is 9.59 Å². The second kappa shape index (κ2) is 7.48. The zero-order valence-corrected chi connectivity index (χ0v) is 16.5. The number of hydrogen-bond donors (Lipinski definition) is 1. The molecule has 2 heterocycles. The van der Waals surface area contributed by atoms with Gasteiger partial charge in [-0.15, -0.1) is 0 Å². The first-order valence-electron chi connectivity index (χ1n) is 9.31. The molecule has 0 atom stereocenters. The Balaban J connectivity index is 1.67. The summed E-state index contributed by atoms with van der Waals surface area (Å²) >= 11 is 0. The van der Waals surface area contributed by atoms with Crippen molar-refractivity contribution >= 4 is 17.5 Å². The van der Waals surface area contributed by atoms with E-state index < -0.39 is 11.2 Å². The van der Waals surface area contributed by atoms with Gasteiger partial charge in [-0.2, -0.15) is 0 Å². The van der Waals surface area contributed by atoms with Gasteiger partial charge in [0.25, 0.3) is 0 Å². The summed E-state index contributed by atoms with van der Waals surface area (Å²) in [7, 11) is 1.55. The van der Waals surface area contributed by atoms with Crippen molar-refractivity contribution < 1.29 is 23.8 Å². The van der Waals surface area contributed by atoms with Gasteiger partial charge >= 0.3 is 0 Å². The number of methoxy groups -OCH3 is 1. The van der Waals surface area contributed by atoms with Crippen LogP contribution >= 0.6 is 0 Å². The van der Waals surface area contributed by atoms with Crippen molar-refractivity contribution in [2.75, 3.05) is 38.7 Å². The molecule has 2 saturated heterocycles. The molecule has 1 spiro atoms. The molecule has 0 bridgehead atoms. The van der Waals surface area contributed by atoms with E-state index in [1.54, 1.807) is 31.9 Å². The van der Waals surface area contributed by atoms with Crippen molar-refractivity contribution in [1.29, 1.82) is 0 Å². The molecular formula is C20H28N2O5. The number of likely N-dealkylation sites (tertiary alicyclic amines) is 1. The van der Waals surface area contributed by atoms with Crippen LogP contribution in [0.25, 0.3) is 0 Å². The summed E-state index contributed by atoms with van der Waals surface area (Å²) in [6.45, 7) is 7.47. The Labute approximate surface area is 160 Å². The van der Waals surface area contributed by atoms with Crippen molar-refractivity contribution in [3.63, 3.8) is 0 Å². The number of hydrogen-bond acceptors (Lipinski definition) is 5. The molecule has 1 N–H and O–H groups in total. The summed E-state index contributed by atoms with van der Waals surface area (Å²) < 4.78 is 16.7. The molecule has 2 fully saturated rings. The van der Waals surface area contributed by atoms with E-state index in [2.05, 4.69) is 5.32 Å². The molecule has 2 amide bonds. The first kappa shape index (κ1) is 19.6. The fourth-order valence-corrected chi connectivity index (χ4v) is 3.53. The van der Waals surface area contributed by atoms with Gasteiger partial charge in [-0.05, 0) is 38.5 Å². The smallest absolute Gasteiger partial charge is 0.239 e. The van der Waals surface area contributed by atoms with Crippen LogP contribution in [0.1, 0.15) is 32.3 Å². The first-order valence-corrected chi connectivity index (χ1v) is 9.31. The number of piperidine rings is 1. The number of rotatable bonds is 4. The third-order valence-electron chi connectivity index (χ3n) is 5.33. The molecule has 0 radical (unpaired) electrons. The van der Waals surface area contributed by atoms with E-state index in [1.165, 1.54) is 0 Å². The maximum Gasteiger partial charge on any atom is 0.239 e. The van der Waals surface area contributed by atoms with Crippen LogP contribution in [-0.2, 0) is 19.1 Å². The lowest BCUT2D eigenvalue weighted by atomic mass is 9.88. The van der Waals surface area contributed by atoms with Crippen molar-refractivity contribution in [3.05, 3.63) is 23.8 Å². The molecule has 0 saturated carbocycles. The summed E-state index contributed by atoms with van der Waals surface area (Å²) in [6.07, 6.45) is 1.25. The van der Waals surface area contributed by atoms with Crippen LogP contribution in [0.15, 0.2) is 18.2 Å². The largest absolute Gasteiger partial charge is 0.495 e. The number of carbonyl (C=O) groups is 2. The molecule has 3 rings (SSSR count). The number of amides is 2. The number of aryl methyl sites for hydroxylation is 1. The second-order valence-corrected chi connectivity index (χ2v) is 7.68. The Morgan fingerprint density at radius 2 is 1.81 bits per heavy atom. The summed E-state index contributed by atoms with van der Waals surface area (Å²) in [6, 6.07) is 5.53. The Kier molecular flexibility index (Phi) is 5.44. The molecular weight excluding hydrogens is 348 g/mol. The molecule has 148 valence electrons. The van der Waals surface area contributed by atoms with Crippen molar-refractivity contribution in [2.24, 2.45) is 5.41 Å². The highest BCUT2D eigenvalue weighted by atomic mass is 16.7. The summed E-state index contributed by atoms with van der Waals surface area (Å²) in [5.74, 6) is -0.532. The number of nitrogens with one attached hydrogen (secondary N) is 1. The average Bonchev–Trinajstić information content (AvgIpc) is 3.10. The summed E-state index contributed by atoms with van der Waals surface area (Å²) in [4.78, 5) is 27.6. The minimum absolute atomic E-state index is 0.195. The van der Waals surface area contributed by atoms with Crippen LogP contribution in [-0.4, -0.2) is 55.9 Å². The van der Waals surface area contributed by atoms with Gasteiger partial charge < -0.3 is 24.4 Å². The molecule has 7 heteroatoms. The van der Waals surface area contributed by atoms with Gasteiger partial charge in [0, 0.05) is 25.9 Å². The minimum Gasteiger partial charge on any atom is -0.495 e. The second-order valence-electron chi connectivity index (χ2n) is 7.68. The predicted molar refractivity (Wildman–Crippen MR) is 101 cm³/mol. The minimum atomic E-state index is -1.20. The Morgan fingerprint density at radius 3 is 2.41 bits per heavy atom. The zero-order chi connectivity index (χ0) is 19.7. The fourth-order valence-electron chi connectivity index (χ4n) is 3.53. The standard InChI is InChI=1S/C20H28N2O5/c1-14-5-6-16(25-4)15(13-14)21-17(23)19(2,3)18(24)22-9-7-20(8-10-22)26-11-12-27-20/h5-6,13H,7-12H2,1-4H3,(H,21,23). The number of nitrogens with zero attached hydrogens (tertiary/aromatic N) is 1. The predicted octanol–water partition coefficient (Wildman–Crippen LogP) is 2.33. The van der Waals surface area contributed by atoms with Gasteiger partial charge in [0.1, 0.15) is 11.2 Å². The molecule has 1 aromatic carbocycles. The van der Waals surface area contributed by atoms with Gasteiger partial charge in [0.05, 0.1) is 26.0 Å². The molecule has 0 unspecified atom stereocenters. The molecule has 2 aliphatic heterocycles. The van der Waals surface area contributed by atoms with Crippen molar-refractivity contribution in [1.82, 2.24) is 4.90 Å². The van der Waals surface area contributed by atoms with Crippen LogP contribution in [0, 0.1) is 12.3 Å². The molecule has 0 aromatic heterocycles. The molecule has 0 aliphatic carbocycles. The van der Waals surface area contributed by atoms with E-state index >= 15 is 0 Å². The molecule has 1 aromatic rings. The lowest BCUT2D eigenvalue weighted by Gasteiger charge is -2.40. The molecule has 7 nitrogen and oxygen atoms in total. The maximum absolute atomic E-state index is 13.0. The van der Waals surface area contributed by atoms with Gasteiger partial charge in [-0.1, -0.05) is 6.07 Å². The normalized spacial score (nSPS) is 19.2. The Morgan fingerprint density at radius 1 is 1.19 bits per heavy atom. The number of benzene rings is 1. The Bertz CT molecular complexity index is 715. The van der Waals surface area contributed by atoms with E-state index in [0.717, 1.165) is 5.56 Å². The van der Waals surface area contributed by atoms with Gasteiger partial charge in [-0.25, -0.2) is 0 Å². The highest BCUT2D eigenvalue weighted by Crippen LogP contribution is 2.34. The lowest BCUT2D eigenvalue weighted by molar-refractivity contribution is -0.189. The van der Waals surface area contributed by atoms with Crippen LogP contribution < -0.4 is 10.1 Å². The maximum atomic E-state index is 13.0. The van der Waals surface area contributed by atoms with Crippen LogP contribution in [0.5, 0.6) is 5.75 Å². The van der Waals surface area contributed by atoms with Crippen molar-refractivity contribution in [3.8, 4) is 5.75 Å². The average molecular weight is 376 g/mol. The van der Waals surface area contributed by atoms with E-state index in [1.807, 2.05) is 19.1 Å². The first-order chi connectivity index (χ1) is 12.8. The lowest BCUT2D eigenvalue weighted by Crippen LogP contribution is -2.53. The van der Waals surface area contributed by atoms with Crippen molar-refractivity contribution in [2.45, 2.75) is 39.4 Å². The van der Waals surface area contributed by atoms with E-state index in [-0.39, 0.29) is 11.8 Å². The van der Waals surface area contributed by atoms with E-state index in [4.69, 9.17) is 14.2 Å². The molecule has 2 aliphatic rings.